The van der Waals surface area contributed by atoms with E-state index in [1.807, 2.05) is 36.4 Å². The highest BCUT2D eigenvalue weighted by Crippen LogP contribution is 2.30. The zero-order chi connectivity index (χ0) is 18.6. The van der Waals surface area contributed by atoms with Crippen molar-refractivity contribution in [3.8, 4) is 11.5 Å². The van der Waals surface area contributed by atoms with Crippen LogP contribution in [0, 0.1) is 0 Å². The van der Waals surface area contributed by atoms with E-state index in [1.165, 1.54) is 11.1 Å². The lowest BCUT2D eigenvalue weighted by Gasteiger charge is -2.26. The Labute approximate surface area is 157 Å². The Morgan fingerprint density at radius 1 is 1.07 bits per heavy atom. The molecule has 1 aliphatic heterocycles. The van der Waals surface area contributed by atoms with Crippen LogP contribution in [-0.2, 0) is 22.4 Å². The second-order valence-corrected chi connectivity index (χ2v) is 6.71. The van der Waals surface area contributed by atoms with Crippen molar-refractivity contribution < 1.29 is 23.8 Å². The van der Waals surface area contributed by atoms with Gasteiger partial charge < -0.3 is 19.5 Å². The second-order valence-electron chi connectivity index (χ2n) is 6.71. The van der Waals surface area contributed by atoms with Crippen molar-refractivity contribution in [1.29, 1.82) is 0 Å². The van der Waals surface area contributed by atoms with Gasteiger partial charge in [-0.1, -0.05) is 18.2 Å². The van der Waals surface area contributed by atoms with Crippen molar-refractivity contribution in [2.24, 2.45) is 0 Å². The van der Waals surface area contributed by atoms with E-state index < -0.39 is 5.97 Å². The maximum Gasteiger partial charge on any atom is 0.338 e. The molecular formula is C21H21NO5. The van der Waals surface area contributed by atoms with Crippen molar-refractivity contribution in [2.45, 2.75) is 25.4 Å². The summed E-state index contributed by atoms with van der Waals surface area (Å²) in [6, 6.07) is 13.0. The fourth-order valence-electron chi connectivity index (χ4n) is 3.36. The SMILES string of the molecule is O=C(COC(=O)c1ccc2c(c1)CCC2)NCC1COc2ccccc2O1. The number of hydrogen-bond acceptors (Lipinski definition) is 5. The molecule has 4 rings (SSSR count). The summed E-state index contributed by atoms with van der Waals surface area (Å²) in [7, 11) is 0. The van der Waals surface area contributed by atoms with E-state index in [1.54, 1.807) is 6.07 Å². The van der Waals surface area contributed by atoms with Crippen molar-refractivity contribution in [3.05, 3.63) is 59.2 Å². The number of rotatable bonds is 5. The molecule has 1 N–H and O–H groups in total. The van der Waals surface area contributed by atoms with Crippen LogP contribution in [0.25, 0.3) is 0 Å². The van der Waals surface area contributed by atoms with Gasteiger partial charge in [0.1, 0.15) is 12.7 Å². The summed E-state index contributed by atoms with van der Waals surface area (Å²) in [6.07, 6.45) is 2.89. The van der Waals surface area contributed by atoms with Crippen LogP contribution in [-0.4, -0.2) is 37.7 Å². The molecule has 1 heterocycles. The number of benzene rings is 2. The largest absolute Gasteiger partial charge is 0.486 e. The van der Waals surface area contributed by atoms with E-state index in [-0.39, 0.29) is 25.2 Å². The zero-order valence-corrected chi connectivity index (χ0v) is 14.9. The second kappa shape index (κ2) is 7.70. The highest BCUT2D eigenvalue weighted by atomic mass is 16.6. The third-order valence-corrected chi connectivity index (χ3v) is 4.76. The van der Waals surface area contributed by atoms with Crippen LogP contribution >= 0.6 is 0 Å². The summed E-state index contributed by atoms with van der Waals surface area (Å²) >= 11 is 0. The Hall–Kier alpha value is -3.02. The molecule has 0 aromatic heterocycles. The van der Waals surface area contributed by atoms with Gasteiger partial charge >= 0.3 is 5.97 Å². The van der Waals surface area contributed by atoms with Gasteiger partial charge in [-0.05, 0) is 54.7 Å². The molecule has 0 saturated carbocycles. The molecule has 140 valence electrons. The Bertz CT molecular complexity index is 863. The quantitative estimate of drug-likeness (QED) is 0.821. The Morgan fingerprint density at radius 2 is 1.89 bits per heavy atom. The van der Waals surface area contributed by atoms with Gasteiger partial charge in [-0.25, -0.2) is 4.79 Å². The predicted octanol–water partition coefficient (Wildman–Crippen LogP) is 2.29. The van der Waals surface area contributed by atoms with E-state index >= 15 is 0 Å². The van der Waals surface area contributed by atoms with Crippen LogP contribution in [0.4, 0.5) is 0 Å². The van der Waals surface area contributed by atoms with Gasteiger partial charge in [0.15, 0.2) is 18.1 Å². The van der Waals surface area contributed by atoms with Crippen molar-refractivity contribution in [1.82, 2.24) is 5.32 Å². The molecule has 1 unspecified atom stereocenters. The molecule has 0 radical (unpaired) electrons. The number of aryl methyl sites for hydroxylation is 2. The first kappa shape index (κ1) is 17.4. The maximum absolute atomic E-state index is 12.1. The number of fused-ring (bicyclic) bond motifs is 2. The predicted molar refractivity (Wildman–Crippen MR) is 98.1 cm³/mol. The number of amides is 1. The maximum atomic E-state index is 12.1. The van der Waals surface area contributed by atoms with Crippen LogP contribution in [0.5, 0.6) is 11.5 Å². The fourth-order valence-corrected chi connectivity index (χ4v) is 3.36. The lowest BCUT2D eigenvalue weighted by Crippen LogP contribution is -2.42. The smallest absolute Gasteiger partial charge is 0.338 e. The lowest BCUT2D eigenvalue weighted by atomic mass is 10.1. The number of esters is 1. The van der Waals surface area contributed by atoms with E-state index in [0.29, 0.717) is 23.7 Å². The summed E-state index contributed by atoms with van der Waals surface area (Å²) in [6.45, 7) is 0.315. The summed E-state index contributed by atoms with van der Waals surface area (Å²) in [5.74, 6) is 0.507. The zero-order valence-electron chi connectivity index (χ0n) is 14.9. The van der Waals surface area contributed by atoms with Gasteiger partial charge in [-0.3, -0.25) is 4.79 Å². The monoisotopic (exact) mass is 367 g/mol. The average molecular weight is 367 g/mol. The Morgan fingerprint density at radius 3 is 2.78 bits per heavy atom. The first-order chi connectivity index (χ1) is 13.2. The van der Waals surface area contributed by atoms with Gasteiger partial charge in [0.25, 0.3) is 5.91 Å². The average Bonchev–Trinajstić information content (AvgIpc) is 3.18. The molecule has 0 bridgehead atoms. The number of nitrogens with one attached hydrogen (secondary N) is 1. The van der Waals surface area contributed by atoms with Gasteiger partial charge in [-0.15, -0.1) is 0 Å². The Kier molecular flexibility index (Phi) is 4.96. The first-order valence-electron chi connectivity index (χ1n) is 9.13. The fraction of sp³-hybridized carbons (Fsp3) is 0.333. The minimum absolute atomic E-state index is 0.281. The van der Waals surface area contributed by atoms with Crippen molar-refractivity contribution in [3.63, 3.8) is 0 Å². The summed E-state index contributed by atoms with van der Waals surface area (Å²) in [5.41, 5.74) is 2.98. The summed E-state index contributed by atoms with van der Waals surface area (Å²) in [4.78, 5) is 24.1. The molecule has 2 aromatic rings. The number of para-hydroxylation sites is 2. The number of hydrogen-bond donors (Lipinski definition) is 1. The normalized spacial score (nSPS) is 17.1. The molecule has 27 heavy (non-hydrogen) atoms. The van der Waals surface area contributed by atoms with Crippen molar-refractivity contribution in [2.75, 3.05) is 19.8 Å². The topological polar surface area (TPSA) is 73.9 Å². The van der Waals surface area contributed by atoms with Crippen LogP contribution in [0.3, 0.4) is 0 Å². The summed E-state index contributed by atoms with van der Waals surface area (Å²) < 4.78 is 16.5. The molecule has 0 spiro atoms. The number of carbonyl (C=O) groups excluding carboxylic acids is 2. The molecule has 6 nitrogen and oxygen atoms in total. The lowest BCUT2D eigenvalue weighted by molar-refractivity contribution is -0.124. The van der Waals surface area contributed by atoms with Crippen LogP contribution in [0.15, 0.2) is 42.5 Å². The third kappa shape index (κ3) is 4.05. The van der Waals surface area contributed by atoms with Gasteiger partial charge in [-0.2, -0.15) is 0 Å². The van der Waals surface area contributed by atoms with Crippen LogP contribution < -0.4 is 14.8 Å². The van der Waals surface area contributed by atoms with Crippen LogP contribution in [0.1, 0.15) is 27.9 Å². The molecule has 1 amide bonds. The minimum atomic E-state index is -0.481. The van der Waals surface area contributed by atoms with Gasteiger partial charge in [0.05, 0.1) is 12.1 Å². The van der Waals surface area contributed by atoms with E-state index in [9.17, 15) is 9.59 Å². The number of carbonyl (C=O) groups is 2. The van der Waals surface area contributed by atoms with Crippen LogP contribution in [0.2, 0.25) is 0 Å². The van der Waals surface area contributed by atoms with E-state index in [0.717, 1.165) is 19.3 Å². The molecule has 6 heteroatoms. The molecule has 2 aliphatic rings. The molecule has 2 aromatic carbocycles. The standard InChI is InChI=1S/C21H21NO5/c23-20(22-11-17-12-25-18-6-1-2-7-19(18)27-17)13-26-21(24)16-9-8-14-4-3-5-15(14)10-16/h1-2,6-10,17H,3-5,11-13H2,(H,22,23). The molecule has 0 saturated heterocycles. The minimum Gasteiger partial charge on any atom is -0.486 e. The molecule has 1 aliphatic carbocycles. The third-order valence-electron chi connectivity index (χ3n) is 4.76. The van der Waals surface area contributed by atoms with Gasteiger partial charge in [0.2, 0.25) is 0 Å². The van der Waals surface area contributed by atoms with Crippen molar-refractivity contribution >= 4 is 11.9 Å². The van der Waals surface area contributed by atoms with E-state index in [4.69, 9.17) is 14.2 Å². The first-order valence-corrected chi connectivity index (χ1v) is 9.13. The van der Waals surface area contributed by atoms with E-state index in [2.05, 4.69) is 5.32 Å². The molecule has 1 atom stereocenters. The highest BCUT2D eigenvalue weighted by molar-refractivity contribution is 5.91. The Balaban J connectivity index is 1.23. The highest BCUT2D eigenvalue weighted by Gasteiger charge is 2.21. The molecular weight excluding hydrogens is 346 g/mol. The summed E-state index contributed by atoms with van der Waals surface area (Å²) in [5, 5.41) is 2.71. The number of ether oxygens (including phenoxy) is 3. The van der Waals surface area contributed by atoms with Gasteiger partial charge in [0, 0.05) is 0 Å². The molecule has 0 fully saturated rings.